The lowest BCUT2D eigenvalue weighted by Crippen LogP contribution is -1.81. The van der Waals surface area contributed by atoms with Gasteiger partial charge in [-0.3, -0.25) is 0 Å². The molecule has 1 nitrogen and oxygen atoms in total. The molecule has 0 atom stereocenters. The number of aryl methyl sites for hydroxylation is 1. The van der Waals surface area contributed by atoms with Crippen LogP contribution >= 0.6 is 0 Å². The summed E-state index contributed by atoms with van der Waals surface area (Å²) in [6.07, 6.45) is 0. The van der Waals surface area contributed by atoms with E-state index in [1.165, 1.54) is 0 Å². The van der Waals surface area contributed by atoms with Gasteiger partial charge in [0.05, 0.1) is 5.56 Å². The highest BCUT2D eigenvalue weighted by molar-refractivity contribution is 5.50. The number of phenols is 1. The number of hydrogen-bond donors (Lipinski definition) is 1. The van der Waals surface area contributed by atoms with Crippen molar-refractivity contribution in [2.75, 3.05) is 0 Å². The molecule has 0 spiro atoms. The molecule has 0 aliphatic rings. The zero-order valence-electron chi connectivity index (χ0n) is 9.07. The molecule has 1 N–H and O–H groups in total. The van der Waals surface area contributed by atoms with E-state index in [4.69, 9.17) is 0 Å². The van der Waals surface area contributed by atoms with E-state index in [1.807, 2.05) is 37.3 Å². The normalized spacial score (nSPS) is 9.31. The van der Waals surface area contributed by atoms with Crippen molar-refractivity contribution < 1.29 is 5.11 Å². The molecule has 2 rings (SSSR count). The average Bonchev–Trinajstić information content (AvgIpc) is 2.30. The van der Waals surface area contributed by atoms with Gasteiger partial charge in [-0.25, -0.2) is 0 Å². The molecule has 0 saturated carbocycles. The van der Waals surface area contributed by atoms with Crippen LogP contribution < -0.4 is 0 Å². The van der Waals surface area contributed by atoms with E-state index in [0.29, 0.717) is 5.56 Å². The van der Waals surface area contributed by atoms with Gasteiger partial charge < -0.3 is 5.11 Å². The molecule has 78 valence electrons. The van der Waals surface area contributed by atoms with Gasteiger partial charge in [-0.2, -0.15) is 0 Å². The van der Waals surface area contributed by atoms with E-state index in [2.05, 4.69) is 11.8 Å². The van der Waals surface area contributed by atoms with Crippen molar-refractivity contribution in [1.29, 1.82) is 0 Å². The summed E-state index contributed by atoms with van der Waals surface area (Å²) >= 11 is 0. The molecule has 0 amide bonds. The fourth-order valence-electron chi connectivity index (χ4n) is 1.43. The summed E-state index contributed by atoms with van der Waals surface area (Å²) in [7, 11) is 0. The Kier molecular flexibility index (Phi) is 2.93. The second-order valence-corrected chi connectivity index (χ2v) is 3.58. The molecule has 0 heterocycles. The van der Waals surface area contributed by atoms with E-state index in [0.717, 1.165) is 11.1 Å². The van der Waals surface area contributed by atoms with Crippen molar-refractivity contribution in [3.05, 3.63) is 65.2 Å². The Hall–Kier alpha value is -2.20. The molecule has 2 aromatic rings. The maximum Gasteiger partial charge on any atom is 0.131 e. The van der Waals surface area contributed by atoms with Crippen LogP contribution in [0, 0.1) is 18.8 Å². The highest BCUT2D eigenvalue weighted by Crippen LogP contribution is 2.14. The maximum absolute atomic E-state index is 9.56. The first-order valence-corrected chi connectivity index (χ1v) is 5.13. The molecule has 0 bridgehead atoms. The Morgan fingerprint density at radius 3 is 2.06 bits per heavy atom. The lowest BCUT2D eigenvalue weighted by molar-refractivity contribution is 0.473. The fraction of sp³-hybridized carbons (Fsp3) is 0.0667. The summed E-state index contributed by atoms with van der Waals surface area (Å²) in [5.41, 5.74) is 2.79. The first-order chi connectivity index (χ1) is 7.77. The first-order valence-electron chi connectivity index (χ1n) is 5.13. The van der Waals surface area contributed by atoms with Crippen molar-refractivity contribution in [3.63, 3.8) is 0 Å². The van der Waals surface area contributed by atoms with Crippen LogP contribution in [0.25, 0.3) is 0 Å². The van der Waals surface area contributed by atoms with Crippen LogP contribution in [-0.2, 0) is 0 Å². The van der Waals surface area contributed by atoms with Gasteiger partial charge in [-0.15, -0.1) is 0 Å². The SMILES string of the molecule is Cc1ccccc1C#Cc1ccccc1O. The van der Waals surface area contributed by atoms with Gasteiger partial charge in [0.1, 0.15) is 5.75 Å². The van der Waals surface area contributed by atoms with E-state index in [-0.39, 0.29) is 5.75 Å². The van der Waals surface area contributed by atoms with Crippen molar-refractivity contribution in [2.24, 2.45) is 0 Å². The third kappa shape index (κ3) is 2.24. The number of phenolic OH excluding ortho intramolecular Hbond substituents is 1. The molecule has 0 aliphatic heterocycles. The Morgan fingerprint density at radius 1 is 0.812 bits per heavy atom. The van der Waals surface area contributed by atoms with E-state index >= 15 is 0 Å². The monoisotopic (exact) mass is 208 g/mol. The van der Waals surface area contributed by atoms with Crippen molar-refractivity contribution >= 4 is 0 Å². The molecule has 0 aromatic heterocycles. The molecular weight excluding hydrogens is 196 g/mol. The quantitative estimate of drug-likeness (QED) is 0.659. The summed E-state index contributed by atoms with van der Waals surface area (Å²) in [5.74, 6) is 6.26. The van der Waals surface area contributed by atoms with Gasteiger partial charge in [-0.05, 0) is 30.7 Å². The van der Waals surface area contributed by atoms with Crippen LogP contribution in [-0.4, -0.2) is 5.11 Å². The van der Waals surface area contributed by atoms with Gasteiger partial charge in [-0.1, -0.05) is 42.2 Å². The standard InChI is InChI=1S/C15H12O/c1-12-6-2-3-7-13(12)10-11-14-8-4-5-9-15(14)16/h2-9,16H,1H3. The number of para-hydroxylation sites is 1. The number of benzene rings is 2. The van der Waals surface area contributed by atoms with Gasteiger partial charge in [0.15, 0.2) is 0 Å². The Balaban J connectivity index is 2.36. The smallest absolute Gasteiger partial charge is 0.131 e. The third-order valence-electron chi connectivity index (χ3n) is 2.38. The minimum Gasteiger partial charge on any atom is -0.507 e. The van der Waals surface area contributed by atoms with Crippen LogP contribution in [0.15, 0.2) is 48.5 Å². The molecule has 1 heteroatoms. The molecular formula is C15H12O. The van der Waals surface area contributed by atoms with E-state index in [9.17, 15) is 5.11 Å². The van der Waals surface area contributed by atoms with Gasteiger partial charge >= 0.3 is 0 Å². The molecule has 0 saturated heterocycles. The second kappa shape index (κ2) is 4.55. The summed E-state index contributed by atoms with van der Waals surface area (Å²) in [6, 6.07) is 15.0. The van der Waals surface area contributed by atoms with Crippen LogP contribution in [0.4, 0.5) is 0 Å². The van der Waals surface area contributed by atoms with E-state index in [1.54, 1.807) is 18.2 Å². The second-order valence-electron chi connectivity index (χ2n) is 3.58. The fourth-order valence-corrected chi connectivity index (χ4v) is 1.43. The Labute approximate surface area is 95.4 Å². The minimum atomic E-state index is 0.226. The summed E-state index contributed by atoms with van der Waals surface area (Å²) in [4.78, 5) is 0. The van der Waals surface area contributed by atoms with Gasteiger partial charge in [0, 0.05) is 5.56 Å². The van der Waals surface area contributed by atoms with Crippen molar-refractivity contribution in [2.45, 2.75) is 6.92 Å². The van der Waals surface area contributed by atoms with Crippen LogP contribution in [0.5, 0.6) is 5.75 Å². The Morgan fingerprint density at radius 2 is 1.38 bits per heavy atom. The Bertz CT molecular complexity index is 509. The van der Waals surface area contributed by atoms with Gasteiger partial charge in [0.25, 0.3) is 0 Å². The number of aromatic hydroxyl groups is 1. The largest absolute Gasteiger partial charge is 0.507 e. The van der Waals surface area contributed by atoms with Crippen molar-refractivity contribution in [3.8, 4) is 17.6 Å². The predicted molar refractivity (Wildman–Crippen MR) is 65.3 cm³/mol. The third-order valence-corrected chi connectivity index (χ3v) is 2.38. The van der Waals surface area contributed by atoms with Crippen molar-refractivity contribution in [1.82, 2.24) is 0 Å². The zero-order valence-corrected chi connectivity index (χ0v) is 9.07. The van der Waals surface area contributed by atoms with Crippen LogP contribution in [0.2, 0.25) is 0 Å². The van der Waals surface area contributed by atoms with Gasteiger partial charge in [0.2, 0.25) is 0 Å². The zero-order chi connectivity index (χ0) is 11.4. The summed E-state index contributed by atoms with van der Waals surface area (Å²) < 4.78 is 0. The highest BCUT2D eigenvalue weighted by atomic mass is 16.3. The minimum absolute atomic E-state index is 0.226. The molecule has 0 fully saturated rings. The number of hydrogen-bond acceptors (Lipinski definition) is 1. The average molecular weight is 208 g/mol. The molecule has 16 heavy (non-hydrogen) atoms. The molecule has 0 aliphatic carbocycles. The highest BCUT2D eigenvalue weighted by Gasteiger charge is 1.94. The topological polar surface area (TPSA) is 20.2 Å². The van der Waals surface area contributed by atoms with Crippen LogP contribution in [0.1, 0.15) is 16.7 Å². The first kappa shape index (κ1) is 10.3. The predicted octanol–water partition coefficient (Wildman–Crippen LogP) is 3.10. The molecule has 0 unspecified atom stereocenters. The maximum atomic E-state index is 9.56. The molecule has 2 aromatic carbocycles. The molecule has 0 radical (unpaired) electrons. The summed E-state index contributed by atoms with van der Waals surface area (Å²) in [6.45, 7) is 2.02. The van der Waals surface area contributed by atoms with Crippen LogP contribution in [0.3, 0.4) is 0 Å². The lowest BCUT2D eigenvalue weighted by Gasteiger charge is -1.96. The number of rotatable bonds is 0. The van der Waals surface area contributed by atoms with E-state index < -0.39 is 0 Å². The lowest BCUT2D eigenvalue weighted by atomic mass is 10.1. The summed E-state index contributed by atoms with van der Waals surface area (Å²) in [5, 5.41) is 9.56.